The summed E-state index contributed by atoms with van der Waals surface area (Å²) in [6, 6.07) is 6.12. The third kappa shape index (κ3) is 2.70. The number of aliphatic hydroxyl groups is 1. The lowest BCUT2D eigenvalue weighted by Crippen LogP contribution is -2.40. The fraction of sp³-hybridized carbons (Fsp3) is 0.364. The molecule has 0 aromatic heterocycles. The molecule has 0 aliphatic rings. The van der Waals surface area contributed by atoms with Crippen LogP contribution in [0.4, 0.5) is 0 Å². The molecular weight excluding hydrogens is 196 g/mol. The van der Waals surface area contributed by atoms with Gasteiger partial charge in [0.25, 0.3) is 0 Å². The van der Waals surface area contributed by atoms with Gasteiger partial charge in [-0.15, -0.1) is 0 Å². The molecule has 3 N–H and O–H groups in total. The first-order valence-electron chi connectivity index (χ1n) is 4.71. The summed E-state index contributed by atoms with van der Waals surface area (Å²) in [6.07, 6.45) is 0.183. The summed E-state index contributed by atoms with van der Waals surface area (Å²) in [6.45, 7) is 1.62. The van der Waals surface area contributed by atoms with Crippen LogP contribution in [0.15, 0.2) is 24.3 Å². The van der Waals surface area contributed by atoms with Gasteiger partial charge in [-0.25, -0.2) is 4.79 Å². The molecule has 0 aliphatic heterocycles. The van der Waals surface area contributed by atoms with E-state index in [1.54, 1.807) is 19.1 Å². The highest BCUT2D eigenvalue weighted by molar-refractivity contribution is 5.77. The Hall–Kier alpha value is -1.55. The molecule has 0 fully saturated rings. The fourth-order valence-electron chi connectivity index (χ4n) is 1.30. The summed E-state index contributed by atoms with van der Waals surface area (Å²) in [5.74, 6) is -1.10. The fourth-order valence-corrected chi connectivity index (χ4v) is 1.30. The van der Waals surface area contributed by atoms with Gasteiger partial charge in [0.1, 0.15) is 5.75 Å². The van der Waals surface area contributed by atoms with Crippen LogP contribution in [0.2, 0.25) is 0 Å². The lowest BCUT2D eigenvalue weighted by molar-refractivity contribution is -0.158. The number of phenols is 1. The van der Waals surface area contributed by atoms with Gasteiger partial charge < -0.3 is 15.3 Å². The van der Waals surface area contributed by atoms with Crippen molar-refractivity contribution < 1.29 is 20.1 Å². The first-order valence-corrected chi connectivity index (χ1v) is 4.71. The Morgan fingerprint density at radius 1 is 1.33 bits per heavy atom. The predicted molar refractivity (Wildman–Crippen MR) is 54.7 cm³/mol. The summed E-state index contributed by atoms with van der Waals surface area (Å²) < 4.78 is 0. The van der Waals surface area contributed by atoms with Gasteiger partial charge in [0.2, 0.25) is 0 Å². The van der Waals surface area contributed by atoms with E-state index in [-0.39, 0.29) is 18.6 Å². The highest BCUT2D eigenvalue weighted by Crippen LogP contribution is 2.19. The van der Waals surface area contributed by atoms with Crippen LogP contribution >= 0.6 is 0 Å². The quantitative estimate of drug-likeness (QED) is 0.696. The summed E-state index contributed by atoms with van der Waals surface area (Å²) in [5, 5.41) is 27.6. The maximum atomic E-state index is 10.8. The highest BCUT2D eigenvalue weighted by Gasteiger charge is 2.33. The maximum absolute atomic E-state index is 10.8. The molecule has 1 unspecified atom stereocenters. The molecule has 82 valence electrons. The van der Waals surface area contributed by atoms with Crippen LogP contribution in [-0.2, 0) is 11.2 Å². The van der Waals surface area contributed by atoms with E-state index in [0.29, 0.717) is 5.56 Å². The Morgan fingerprint density at radius 2 is 1.87 bits per heavy atom. The van der Waals surface area contributed by atoms with Gasteiger partial charge in [-0.2, -0.15) is 0 Å². The molecule has 0 saturated carbocycles. The number of aliphatic carboxylic acids is 1. The van der Waals surface area contributed by atoms with Gasteiger partial charge in [0.15, 0.2) is 5.60 Å². The predicted octanol–water partition coefficient (Wildman–Crippen LogP) is 1.16. The van der Waals surface area contributed by atoms with Gasteiger partial charge in [-0.05, 0) is 24.1 Å². The Morgan fingerprint density at radius 3 is 2.27 bits per heavy atom. The molecule has 4 heteroatoms. The second kappa shape index (κ2) is 4.31. The number of rotatable bonds is 4. The van der Waals surface area contributed by atoms with Crippen molar-refractivity contribution in [1.29, 1.82) is 0 Å². The van der Waals surface area contributed by atoms with Gasteiger partial charge in [-0.1, -0.05) is 19.1 Å². The van der Waals surface area contributed by atoms with Gasteiger partial charge in [0, 0.05) is 6.42 Å². The minimum atomic E-state index is -1.73. The van der Waals surface area contributed by atoms with Crippen molar-refractivity contribution in [3.63, 3.8) is 0 Å². The van der Waals surface area contributed by atoms with Crippen LogP contribution < -0.4 is 0 Å². The Labute approximate surface area is 87.8 Å². The van der Waals surface area contributed by atoms with E-state index in [1.165, 1.54) is 12.1 Å². The van der Waals surface area contributed by atoms with Crippen LogP contribution in [0.3, 0.4) is 0 Å². The average Bonchev–Trinajstić information content (AvgIpc) is 2.21. The lowest BCUT2D eigenvalue weighted by Gasteiger charge is -2.21. The standard InChI is InChI=1S/C11H14O4/c1-2-11(15,10(13)14)7-8-3-5-9(12)6-4-8/h3-6,12,15H,2,7H2,1H3,(H,13,14). The SMILES string of the molecule is CCC(O)(Cc1ccc(O)cc1)C(=O)O. The van der Waals surface area contributed by atoms with Crippen molar-refractivity contribution in [2.45, 2.75) is 25.4 Å². The molecule has 1 rings (SSSR count). The molecule has 1 aromatic rings. The van der Waals surface area contributed by atoms with E-state index in [4.69, 9.17) is 10.2 Å². The van der Waals surface area contributed by atoms with Crippen molar-refractivity contribution >= 4 is 5.97 Å². The number of carboxylic acid groups (broad SMARTS) is 1. The van der Waals surface area contributed by atoms with Crippen molar-refractivity contribution in [3.05, 3.63) is 29.8 Å². The van der Waals surface area contributed by atoms with Crippen molar-refractivity contribution in [3.8, 4) is 5.75 Å². The molecule has 0 bridgehead atoms. The Kier molecular flexibility index (Phi) is 3.31. The zero-order valence-corrected chi connectivity index (χ0v) is 8.47. The number of hydrogen-bond donors (Lipinski definition) is 3. The highest BCUT2D eigenvalue weighted by atomic mass is 16.4. The third-order valence-corrected chi connectivity index (χ3v) is 2.42. The number of hydrogen-bond acceptors (Lipinski definition) is 3. The zero-order valence-electron chi connectivity index (χ0n) is 8.47. The average molecular weight is 210 g/mol. The third-order valence-electron chi connectivity index (χ3n) is 2.42. The van der Waals surface area contributed by atoms with Crippen molar-refractivity contribution in [2.75, 3.05) is 0 Å². The molecule has 0 heterocycles. The van der Waals surface area contributed by atoms with Crippen molar-refractivity contribution in [1.82, 2.24) is 0 Å². The van der Waals surface area contributed by atoms with E-state index in [9.17, 15) is 9.90 Å². The van der Waals surface area contributed by atoms with Gasteiger partial charge in [-0.3, -0.25) is 0 Å². The van der Waals surface area contributed by atoms with Crippen LogP contribution in [-0.4, -0.2) is 26.9 Å². The topological polar surface area (TPSA) is 77.8 Å². The first kappa shape index (κ1) is 11.5. The lowest BCUT2D eigenvalue weighted by atomic mass is 9.92. The smallest absolute Gasteiger partial charge is 0.336 e. The van der Waals surface area contributed by atoms with Gasteiger partial charge in [0.05, 0.1) is 0 Å². The molecule has 0 spiro atoms. The zero-order chi connectivity index (χ0) is 11.5. The van der Waals surface area contributed by atoms with Crippen LogP contribution in [0.5, 0.6) is 5.75 Å². The number of benzene rings is 1. The number of carbonyl (C=O) groups is 1. The van der Waals surface area contributed by atoms with Crippen LogP contribution in [0.1, 0.15) is 18.9 Å². The largest absolute Gasteiger partial charge is 0.508 e. The number of phenolic OH excluding ortho intramolecular Hbond substituents is 1. The molecule has 0 amide bonds. The van der Waals surface area contributed by atoms with Gasteiger partial charge >= 0.3 is 5.97 Å². The normalized spacial score (nSPS) is 14.5. The number of aromatic hydroxyl groups is 1. The molecular formula is C11H14O4. The van der Waals surface area contributed by atoms with E-state index < -0.39 is 11.6 Å². The van der Waals surface area contributed by atoms with E-state index in [0.717, 1.165) is 0 Å². The molecule has 15 heavy (non-hydrogen) atoms. The minimum absolute atomic E-state index is 0.0408. The van der Waals surface area contributed by atoms with Crippen molar-refractivity contribution in [2.24, 2.45) is 0 Å². The second-order valence-electron chi connectivity index (χ2n) is 3.53. The van der Waals surface area contributed by atoms with E-state index in [1.807, 2.05) is 0 Å². The second-order valence-corrected chi connectivity index (χ2v) is 3.53. The summed E-state index contributed by atoms with van der Waals surface area (Å²) >= 11 is 0. The van der Waals surface area contributed by atoms with E-state index in [2.05, 4.69) is 0 Å². The monoisotopic (exact) mass is 210 g/mol. The summed E-state index contributed by atoms with van der Waals surface area (Å²) in [7, 11) is 0. The molecule has 0 radical (unpaired) electrons. The summed E-state index contributed by atoms with van der Waals surface area (Å²) in [4.78, 5) is 10.8. The molecule has 4 nitrogen and oxygen atoms in total. The number of carboxylic acids is 1. The summed E-state index contributed by atoms with van der Waals surface area (Å²) in [5.41, 5.74) is -1.05. The van der Waals surface area contributed by atoms with E-state index >= 15 is 0 Å². The Balaban J connectivity index is 2.84. The molecule has 0 saturated heterocycles. The molecule has 1 atom stereocenters. The molecule has 1 aromatic carbocycles. The molecule has 0 aliphatic carbocycles. The maximum Gasteiger partial charge on any atom is 0.336 e. The van der Waals surface area contributed by atoms with Crippen LogP contribution in [0, 0.1) is 0 Å². The minimum Gasteiger partial charge on any atom is -0.508 e. The first-order chi connectivity index (χ1) is 6.98. The Bertz CT molecular complexity index is 344. The van der Waals surface area contributed by atoms with Crippen LogP contribution in [0.25, 0.3) is 0 Å².